The fourth-order valence-electron chi connectivity index (χ4n) is 4.33. The quantitative estimate of drug-likeness (QED) is 0.194. The van der Waals surface area contributed by atoms with E-state index in [4.69, 9.17) is 25.7 Å². The van der Waals surface area contributed by atoms with Crippen molar-refractivity contribution in [3.8, 4) is 5.88 Å². The molecule has 39 heavy (non-hydrogen) atoms. The fourth-order valence-corrected chi connectivity index (χ4v) is 5.86. The third-order valence-corrected chi connectivity index (χ3v) is 12.6. The number of urea groups is 1. The zero-order chi connectivity index (χ0) is 28.3. The Morgan fingerprint density at radius 1 is 1.13 bits per heavy atom. The lowest BCUT2D eigenvalue weighted by Crippen LogP contribution is -2.41. The zero-order valence-electron chi connectivity index (χ0n) is 23.5. The van der Waals surface area contributed by atoms with Gasteiger partial charge in [0, 0.05) is 25.5 Å². The van der Waals surface area contributed by atoms with Crippen LogP contribution in [0.5, 0.6) is 5.88 Å². The molecule has 5 rings (SSSR count). The number of ether oxygens (including phenoxy) is 1. The SMILES string of the molecule is CC(O[Si](C)(C)C(C)(C)C)c1nc(Cl)cc(OCc2cn3cc(C4CC4)cc(N4CC(=O)N(C)C4=O)c3n2)n1. The minimum atomic E-state index is -2.04. The Labute approximate surface area is 234 Å². The number of hydrogen-bond donors (Lipinski definition) is 0. The standard InChI is InChI=1S/C27H35ClN6O4Si/c1-16(38-39(6,7)27(2,3)4)24-30-21(28)11-22(31-24)37-15-19-13-33-12-18(17-8-9-17)10-20(25(33)29-19)34-14-23(35)32(5)26(34)36/h10-13,16-17H,8-9,14-15H2,1-7H3. The molecule has 3 aromatic heterocycles. The van der Waals surface area contributed by atoms with Crippen molar-refractivity contribution in [2.75, 3.05) is 18.5 Å². The summed E-state index contributed by atoms with van der Waals surface area (Å²) in [6, 6.07) is 3.20. The number of fused-ring (bicyclic) bond motifs is 1. The van der Waals surface area contributed by atoms with Crippen molar-refractivity contribution in [1.29, 1.82) is 0 Å². The molecule has 208 valence electrons. The molecule has 0 N–H and O–H groups in total. The van der Waals surface area contributed by atoms with Crippen LogP contribution in [0.15, 0.2) is 24.5 Å². The van der Waals surface area contributed by atoms with Crippen molar-refractivity contribution in [1.82, 2.24) is 24.3 Å². The largest absolute Gasteiger partial charge is 0.471 e. The van der Waals surface area contributed by atoms with Crippen LogP contribution < -0.4 is 9.64 Å². The number of likely N-dealkylation sites (N-methyl/N-ethyl adjacent to an activating group) is 1. The van der Waals surface area contributed by atoms with Gasteiger partial charge in [-0.25, -0.2) is 14.8 Å². The second kappa shape index (κ2) is 9.87. The number of pyridine rings is 1. The average molecular weight is 571 g/mol. The van der Waals surface area contributed by atoms with E-state index in [1.54, 1.807) is 6.07 Å². The molecule has 1 saturated heterocycles. The van der Waals surface area contributed by atoms with Gasteiger partial charge in [0.2, 0.25) is 11.8 Å². The van der Waals surface area contributed by atoms with Gasteiger partial charge in [0.15, 0.2) is 19.8 Å². The Hall–Kier alpha value is -3.02. The number of rotatable bonds is 8. The molecule has 3 aromatic rings. The fraction of sp³-hybridized carbons (Fsp3) is 0.519. The second-order valence-electron chi connectivity index (χ2n) is 11.9. The monoisotopic (exact) mass is 570 g/mol. The number of amides is 3. The van der Waals surface area contributed by atoms with Gasteiger partial charge in [-0.1, -0.05) is 32.4 Å². The molecule has 1 aliphatic heterocycles. The highest BCUT2D eigenvalue weighted by Gasteiger charge is 2.39. The van der Waals surface area contributed by atoms with Gasteiger partial charge < -0.3 is 13.6 Å². The maximum absolute atomic E-state index is 12.8. The minimum Gasteiger partial charge on any atom is -0.471 e. The number of aromatic nitrogens is 4. The Morgan fingerprint density at radius 3 is 2.46 bits per heavy atom. The normalized spacial score (nSPS) is 17.4. The number of hydrogen-bond acceptors (Lipinski definition) is 7. The molecule has 0 radical (unpaired) electrons. The van der Waals surface area contributed by atoms with Gasteiger partial charge >= 0.3 is 6.03 Å². The molecule has 1 unspecified atom stereocenters. The number of carbonyl (C=O) groups is 2. The van der Waals surface area contributed by atoms with Crippen LogP contribution in [0, 0.1) is 0 Å². The van der Waals surface area contributed by atoms with Crippen molar-refractivity contribution in [2.45, 2.75) is 77.3 Å². The van der Waals surface area contributed by atoms with E-state index in [-0.39, 0.29) is 41.4 Å². The summed E-state index contributed by atoms with van der Waals surface area (Å²) in [5.41, 5.74) is 2.99. The lowest BCUT2D eigenvalue weighted by molar-refractivity contribution is -0.123. The Kier molecular flexibility index (Phi) is 6.97. The van der Waals surface area contributed by atoms with Gasteiger partial charge in [0.1, 0.15) is 24.4 Å². The number of nitrogens with zero attached hydrogens (tertiary/aromatic N) is 6. The molecule has 2 aliphatic rings. The summed E-state index contributed by atoms with van der Waals surface area (Å²) in [4.78, 5) is 41.3. The predicted molar refractivity (Wildman–Crippen MR) is 151 cm³/mol. The number of carbonyl (C=O) groups excluding carboxylic acids is 2. The first-order valence-corrected chi connectivity index (χ1v) is 16.5. The van der Waals surface area contributed by atoms with Crippen LogP contribution in [-0.2, 0) is 15.8 Å². The first-order chi connectivity index (χ1) is 18.2. The van der Waals surface area contributed by atoms with E-state index in [0.717, 1.165) is 23.3 Å². The molecule has 3 amide bonds. The third-order valence-electron chi connectivity index (χ3n) is 7.83. The van der Waals surface area contributed by atoms with Crippen LogP contribution in [0.3, 0.4) is 0 Å². The third kappa shape index (κ3) is 5.52. The highest BCUT2D eigenvalue weighted by Crippen LogP contribution is 2.42. The van der Waals surface area contributed by atoms with E-state index in [0.29, 0.717) is 34.7 Å². The molecule has 1 saturated carbocycles. The van der Waals surface area contributed by atoms with Crippen LogP contribution in [0.4, 0.5) is 10.5 Å². The lowest BCUT2D eigenvalue weighted by Gasteiger charge is -2.38. The summed E-state index contributed by atoms with van der Waals surface area (Å²) in [5.74, 6) is 1.01. The first kappa shape index (κ1) is 27.5. The molecule has 0 bridgehead atoms. The van der Waals surface area contributed by atoms with Crippen LogP contribution in [-0.4, -0.2) is 58.1 Å². The maximum atomic E-state index is 12.8. The van der Waals surface area contributed by atoms with Gasteiger partial charge in [-0.2, -0.15) is 4.98 Å². The molecule has 12 heteroatoms. The van der Waals surface area contributed by atoms with Crippen molar-refractivity contribution < 1.29 is 18.8 Å². The summed E-state index contributed by atoms with van der Waals surface area (Å²) >= 11 is 6.32. The van der Waals surface area contributed by atoms with Crippen LogP contribution in [0.25, 0.3) is 5.65 Å². The predicted octanol–water partition coefficient (Wildman–Crippen LogP) is 5.72. The van der Waals surface area contributed by atoms with Gasteiger partial charge in [0.25, 0.3) is 0 Å². The molecule has 0 aromatic carbocycles. The lowest BCUT2D eigenvalue weighted by atomic mass is 10.1. The summed E-state index contributed by atoms with van der Waals surface area (Å²) in [6.07, 6.45) is 5.79. The summed E-state index contributed by atoms with van der Waals surface area (Å²) in [7, 11) is -0.546. The van der Waals surface area contributed by atoms with Crippen LogP contribution in [0.1, 0.15) is 69.6 Å². The van der Waals surface area contributed by atoms with E-state index < -0.39 is 8.32 Å². The van der Waals surface area contributed by atoms with Gasteiger partial charge in [-0.05, 0) is 55.4 Å². The molecule has 4 heterocycles. The van der Waals surface area contributed by atoms with Crippen molar-refractivity contribution in [2.24, 2.45) is 0 Å². The summed E-state index contributed by atoms with van der Waals surface area (Å²) < 4.78 is 14.4. The second-order valence-corrected chi connectivity index (χ2v) is 17.1. The number of anilines is 1. The minimum absolute atomic E-state index is 0.00481. The van der Waals surface area contributed by atoms with Crippen molar-refractivity contribution >= 4 is 43.2 Å². The van der Waals surface area contributed by atoms with E-state index in [2.05, 4.69) is 43.8 Å². The Morgan fingerprint density at radius 2 is 1.85 bits per heavy atom. The smallest absolute Gasteiger partial charge is 0.331 e. The molecule has 0 spiro atoms. The van der Waals surface area contributed by atoms with E-state index >= 15 is 0 Å². The van der Waals surface area contributed by atoms with E-state index in [1.165, 1.54) is 11.9 Å². The van der Waals surface area contributed by atoms with Gasteiger partial charge in [-0.15, -0.1) is 0 Å². The van der Waals surface area contributed by atoms with E-state index in [1.807, 2.05) is 29.8 Å². The topological polar surface area (TPSA) is 102 Å². The molecule has 1 atom stereocenters. The number of imide groups is 1. The Bertz CT molecular complexity index is 1450. The van der Waals surface area contributed by atoms with Crippen molar-refractivity contribution in [3.05, 3.63) is 46.8 Å². The zero-order valence-corrected chi connectivity index (χ0v) is 25.2. The molecular formula is C27H35ClN6O4Si. The van der Waals surface area contributed by atoms with Crippen molar-refractivity contribution in [3.63, 3.8) is 0 Å². The first-order valence-electron chi connectivity index (χ1n) is 13.2. The molecule has 1 aliphatic carbocycles. The highest BCUT2D eigenvalue weighted by molar-refractivity contribution is 6.74. The van der Waals surface area contributed by atoms with Gasteiger partial charge in [0.05, 0.1) is 11.4 Å². The highest BCUT2D eigenvalue weighted by atomic mass is 35.5. The molecule has 10 nitrogen and oxygen atoms in total. The summed E-state index contributed by atoms with van der Waals surface area (Å²) in [5, 5.41) is 0.316. The maximum Gasteiger partial charge on any atom is 0.331 e. The summed E-state index contributed by atoms with van der Waals surface area (Å²) in [6.45, 7) is 13.0. The average Bonchev–Trinajstić information content (AvgIpc) is 3.57. The molecular weight excluding hydrogens is 536 g/mol. The number of imidazole rings is 1. The number of halogens is 1. The van der Waals surface area contributed by atoms with Crippen LogP contribution >= 0.6 is 11.6 Å². The van der Waals surface area contributed by atoms with Crippen LogP contribution in [0.2, 0.25) is 23.3 Å². The van der Waals surface area contributed by atoms with E-state index in [9.17, 15) is 9.59 Å². The van der Waals surface area contributed by atoms with Gasteiger partial charge in [-0.3, -0.25) is 14.6 Å². The molecule has 2 fully saturated rings. The Balaban J connectivity index is 1.38.